The summed E-state index contributed by atoms with van der Waals surface area (Å²) in [6.07, 6.45) is 5.27. The van der Waals surface area contributed by atoms with Gasteiger partial charge < -0.3 is 14.4 Å². The maximum atomic E-state index is 5.97. The fourth-order valence-corrected chi connectivity index (χ4v) is 3.49. The van der Waals surface area contributed by atoms with Gasteiger partial charge in [-0.05, 0) is 38.7 Å². The van der Waals surface area contributed by atoms with Crippen molar-refractivity contribution in [2.45, 2.75) is 26.7 Å². The largest absolute Gasteiger partial charge is 0.481 e. The first-order chi connectivity index (χ1) is 14.1. The lowest BCUT2D eigenvalue weighted by atomic mass is 9.98. The van der Waals surface area contributed by atoms with Gasteiger partial charge in [0.15, 0.2) is 5.82 Å². The molecule has 3 aromatic rings. The molecule has 3 aromatic heterocycles. The first-order valence-corrected chi connectivity index (χ1v) is 9.73. The predicted molar refractivity (Wildman–Crippen MR) is 108 cm³/mol. The number of aryl methyl sites for hydroxylation is 2. The smallest absolute Gasteiger partial charge is 0.228 e. The van der Waals surface area contributed by atoms with Crippen molar-refractivity contribution >= 4 is 5.95 Å². The Bertz CT molecular complexity index is 967. The Labute approximate surface area is 169 Å². The third-order valence-electron chi connectivity index (χ3n) is 5.04. The Morgan fingerprint density at radius 2 is 1.90 bits per heavy atom. The van der Waals surface area contributed by atoms with Crippen LogP contribution in [0.2, 0.25) is 0 Å². The van der Waals surface area contributed by atoms with Gasteiger partial charge in [-0.15, -0.1) is 0 Å². The molecule has 0 aromatic carbocycles. The topological polar surface area (TPSA) is 91.1 Å². The van der Waals surface area contributed by atoms with Crippen LogP contribution >= 0.6 is 0 Å². The second-order valence-electron chi connectivity index (χ2n) is 7.19. The molecule has 0 atom stereocenters. The van der Waals surface area contributed by atoms with E-state index in [0.717, 1.165) is 37.3 Å². The van der Waals surface area contributed by atoms with Crippen LogP contribution in [0.4, 0.5) is 5.95 Å². The summed E-state index contributed by atoms with van der Waals surface area (Å²) in [6.45, 7) is 6.37. The number of aromatic nitrogens is 6. The highest BCUT2D eigenvalue weighted by atomic mass is 16.5. The lowest BCUT2D eigenvalue weighted by molar-refractivity contribution is 0.215. The van der Waals surface area contributed by atoms with Gasteiger partial charge in [0.25, 0.3) is 0 Å². The van der Waals surface area contributed by atoms with Gasteiger partial charge in [-0.2, -0.15) is 10.1 Å². The van der Waals surface area contributed by atoms with Crippen molar-refractivity contribution in [1.82, 2.24) is 29.7 Å². The summed E-state index contributed by atoms with van der Waals surface area (Å²) in [4.78, 5) is 19.5. The Balaban J connectivity index is 1.33. The highest BCUT2D eigenvalue weighted by Crippen LogP contribution is 2.23. The van der Waals surface area contributed by atoms with Crippen molar-refractivity contribution in [1.29, 1.82) is 0 Å². The molecule has 0 unspecified atom stereocenters. The van der Waals surface area contributed by atoms with E-state index in [-0.39, 0.29) is 0 Å². The number of rotatable bonds is 6. The summed E-state index contributed by atoms with van der Waals surface area (Å²) in [7, 11) is 1.61. The van der Waals surface area contributed by atoms with Gasteiger partial charge in [0, 0.05) is 37.1 Å². The van der Waals surface area contributed by atoms with Crippen LogP contribution in [-0.2, 0) is 0 Å². The minimum absolute atomic E-state index is 0.462. The number of anilines is 1. The molecule has 4 heterocycles. The van der Waals surface area contributed by atoms with Gasteiger partial charge in [0.05, 0.1) is 19.4 Å². The zero-order valence-corrected chi connectivity index (χ0v) is 16.9. The Morgan fingerprint density at radius 1 is 1.07 bits per heavy atom. The van der Waals surface area contributed by atoms with E-state index in [1.165, 1.54) is 6.33 Å². The summed E-state index contributed by atoms with van der Waals surface area (Å²) in [5, 5.41) is 4.47. The van der Waals surface area contributed by atoms with E-state index in [0.29, 0.717) is 36.1 Å². The number of nitrogens with zero attached hydrogens (tertiary/aromatic N) is 7. The molecule has 0 saturated carbocycles. The van der Waals surface area contributed by atoms with Crippen molar-refractivity contribution in [2.75, 3.05) is 31.7 Å². The lowest BCUT2D eigenvalue weighted by Gasteiger charge is -2.31. The van der Waals surface area contributed by atoms with Gasteiger partial charge in [0.1, 0.15) is 6.33 Å². The molecule has 0 amide bonds. The molecular formula is C20H25N7O2. The maximum Gasteiger partial charge on any atom is 0.228 e. The number of hydrogen-bond acceptors (Lipinski definition) is 8. The summed E-state index contributed by atoms with van der Waals surface area (Å²) in [5.41, 5.74) is 1.98. The molecule has 1 aliphatic rings. The first kappa shape index (κ1) is 19.1. The van der Waals surface area contributed by atoms with Crippen LogP contribution in [0.3, 0.4) is 0 Å². The Kier molecular flexibility index (Phi) is 5.55. The molecule has 0 aliphatic carbocycles. The minimum Gasteiger partial charge on any atom is -0.481 e. The molecule has 9 heteroatoms. The summed E-state index contributed by atoms with van der Waals surface area (Å²) in [6, 6.07) is 5.60. The highest BCUT2D eigenvalue weighted by molar-refractivity contribution is 5.32. The summed E-state index contributed by atoms with van der Waals surface area (Å²) < 4.78 is 13.0. The van der Waals surface area contributed by atoms with E-state index in [1.807, 2.05) is 26.0 Å². The second-order valence-corrected chi connectivity index (χ2v) is 7.19. The quantitative estimate of drug-likeness (QED) is 0.628. The SMILES string of the molecule is COc1ccnc(N2CCC(COc3cc(-n4nc(C)cc4C)ncn3)CC2)n1. The molecule has 0 bridgehead atoms. The molecule has 4 rings (SSSR count). The molecule has 1 saturated heterocycles. The number of methoxy groups -OCH3 is 1. The van der Waals surface area contributed by atoms with Gasteiger partial charge in [-0.25, -0.2) is 19.6 Å². The van der Waals surface area contributed by atoms with Crippen LogP contribution in [0, 0.1) is 19.8 Å². The Morgan fingerprint density at radius 3 is 2.62 bits per heavy atom. The third-order valence-corrected chi connectivity index (χ3v) is 5.04. The van der Waals surface area contributed by atoms with Crippen molar-refractivity contribution in [2.24, 2.45) is 5.92 Å². The van der Waals surface area contributed by atoms with Crippen LogP contribution in [0.25, 0.3) is 5.82 Å². The van der Waals surface area contributed by atoms with Crippen LogP contribution in [-0.4, -0.2) is 56.5 Å². The fraction of sp³-hybridized carbons (Fsp3) is 0.450. The van der Waals surface area contributed by atoms with Gasteiger partial charge >= 0.3 is 0 Å². The molecule has 0 radical (unpaired) electrons. The monoisotopic (exact) mass is 395 g/mol. The van der Waals surface area contributed by atoms with E-state index in [4.69, 9.17) is 9.47 Å². The van der Waals surface area contributed by atoms with Crippen molar-refractivity contribution < 1.29 is 9.47 Å². The minimum atomic E-state index is 0.462. The average molecular weight is 395 g/mol. The molecule has 9 nitrogen and oxygen atoms in total. The van der Waals surface area contributed by atoms with Crippen LogP contribution in [0.5, 0.6) is 11.8 Å². The molecule has 1 fully saturated rings. The molecule has 0 N–H and O–H groups in total. The van der Waals surface area contributed by atoms with Crippen LogP contribution < -0.4 is 14.4 Å². The van der Waals surface area contributed by atoms with E-state index >= 15 is 0 Å². The lowest BCUT2D eigenvalue weighted by Crippen LogP contribution is -2.36. The molecule has 1 aliphatic heterocycles. The number of ether oxygens (including phenoxy) is 2. The number of hydrogen-bond donors (Lipinski definition) is 0. The second kappa shape index (κ2) is 8.42. The van der Waals surface area contributed by atoms with Gasteiger partial charge in [0.2, 0.25) is 17.7 Å². The average Bonchev–Trinajstić information content (AvgIpc) is 3.11. The van der Waals surface area contributed by atoms with Crippen molar-refractivity contribution in [3.63, 3.8) is 0 Å². The fourth-order valence-electron chi connectivity index (χ4n) is 3.49. The van der Waals surface area contributed by atoms with Crippen molar-refractivity contribution in [3.05, 3.63) is 42.1 Å². The van der Waals surface area contributed by atoms with Crippen LogP contribution in [0.15, 0.2) is 30.7 Å². The molecule has 0 spiro atoms. The standard InChI is InChI=1S/C20H25N7O2/c1-14-10-15(2)27(25-14)17-11-19(23-13-22-17)29-12-16-5-8-26(9-6-16)20-21-7-4-18(24-20)28-3/h4,7,10-11,13,16H,5-6,8-9,12H2,1-3H3. The highest BCUT2D eigenvalue weighted by Gasteiger charge is 2.22. The number of piperidine rings is 1. The molecular weight excluding hydrogens is 370 g/mol. The van der Waals surface area contributed by atoms with Crippen LogP contribution in [0.1, 0.15) is 24.2 Å². The first-order valence-electron chi connectivity index (χ1n) is 9.73. The zero-order valence-electron chi connectivity index (χ0n) is 16.9. The molecule has 152 valence electrons. The molecule has 29 heavy (non-hydrogen) atoms. The summed E-state index contributed by atoms with van der Waals surface area (Å²) in [5.74, 6) is 3.05. The predicted octanol–water partition coefficient (Wildman–Crippen LogP) is 2.37. The van der Waals surface area contributed by atoms with E-state index in [9.17, 15) is 0 Å². The van der Waals surface area contributed by atoms with Crippen molar-refractivity contribution in [3.8, 4) is 17.6 Å². The summed E-state index contributed by atoms with van der Waals surface area (Å²) >= 11 is 0. The van der Waals surface area contributed by atoms with E-state index in [1.54, 1.807) is 24.1 Å². The maximum absolute atomic E-state index is 5.97. The van der Waals surface area contributed by atoms with E-state index < -0.39 is 0 Å². The normalized spacial score (nSPS) is 14.8. The van der Waals surface area contributed by atoms with E-state index in [2.05, 4.69) is 29.9 Å². The Hall–Kier alpha value is -3.23. The van der Waals surface area contributed by atoms with Gasteiger partial charge in [-0.3, -0.25) is 0 Å². The third kappa shape index (κ3) is 4.44. The zero-order chi connectivity index (χ0) is 20.2. The van der Waals surface area contributed by atoms with Gasteiger partial charge in [-0.1, -0.05) is 0 Å².